The highest BCUT2D eigenvalue weighted by Gasteiger charge is 2.51. The van der Waals surface area contributed by atoms with E-state index in [1.807, 2.05) is 111 Å². The third-order valence-corrected chi connectivity index (χ3v) is 12.4. The molecule has 1 aliphatic heterocycles. The second-order valence-corrected chi connectivity index (χ2v) is 16.3. The van der Waals surface area contributed by atoms with Crippen LogP contribution in [0.3, 0.4) is 0 Å². The highest BCUT2D eigenvalue weighted by Crippen LogP contribution is 2.51. The van der Waals surface area contributed by atoms with Crippen molar-refractivity contribution in [3.63, 3.8) is 0 Å². The number of fused-ring (bicyclic) bond motifs is 1. The fraction of sp³-hybridized carbons (Fsp3) is 0.400. The lowest BCUT2D eigenvalue weighted by molar-refractivity contribution is -0.116. The van der Waals surface area contributed by atoms with Crippen LogP contribution in [0.4, 0.5) is 10.2 Å². The van der Waals surface area contributed by atoms with Crippen molar-refractivity contribution in [2.75, 3.05) is 32.8 Å². The highest BCUT2D eigenvalue weighted by molar-refractivity contribution is 7.44. The van der Waals surface area contributed by atoms with Gasteiger partial charge < -0.3 is 33.3 Å². The van der Waals surface area contributed by atoms with E-state index < -0.39 is 38.7 Å². The van der Waals surface area contributed by atoms with Gasteiger partial charge in [0, 0.05) is 18.5 Å². The van der Waals surface area contributed by atoms with Crippen LogP contribution in [0.25, 0.3) is 11.2 Å². The number of hydrogen-bond acceptors (Lipinski definition) is 12. The Labute approximate surface area is 357 Å². The van der Waals surface area contributed by atoms with Crippen LogP contribution in [-0.2, 0) is 28.9 Å². The van der Waals surface area contributed by atoms with Crippen LogP contribution in [0.5, 0.6) is 11.5 Å². The Morgan fingerprint density at radius 1 is 0.984 bits per heavy atom. The largest absolute Gasteiger partial charge is 0.497 e. The standard InChI is InChI=1S/C45H53FN7O7P/c1-8-9-16-38(54)51-42-40-43(49-28-48-42)52(29-50-40)44-39(46)41(60-61(58-26-13-25-47)53(30(2)3)31(4)5)37(59-44)27-57-45(32-14-11-10-12-15-32,33-17-21-35(55-6)22-18-33)34-19-23-36(56-7)24-20-34/h8,10-12,14-15,17-24,28-31,37,39,41,44H,1,9,13,16,26-27H2,2-7H3,(H,48,49,51,54)/t37-,39-,41-,44-,61?/m1/s1. The average molecular weight is 854 g/mol. The maximum atomic E-state index is 17.6. The van der Waals surface area contributed by atoms with E-state index in [0.717, 1.165) is 16.7 Å². The highest BCUT2D eigenvalue weighted by atomic mass is 31.2. The third-order valence-electron chi connectivity index (χ3n) is 10.2. The lowest BCUT2D eigenvalue weighted by Gasteiger charge is -2.39. The number of methoxy groups -OCH3 is 2. The average Bonchev–Trinajstić information content (AvgIpc) is 3.84. The van der Waals surface area contributed by atoms with Crippen molar-refractivity contribution in [2.24, 2.45) is 0 Å². The number of carbonyl (C=O) groups is 1. The molecule has 16 heteroatoms. The van der Waals surface area contributed by atoms with Gasteiger partial charge >= 0.3 is 0 Å². The lowest BCUT2D eigenvalue weighted by atomic mass is 9.80. The molecule has 5 atom stereocenters. The number of rotatable bonds is 21. The summed E-state index contributed by atoms with van der Waals surface area (Å²) in [6.45, 7) is 11.7. The number of imidazole rings is 1. The molecule has 1 N–H and O–H groups in total. The quantitative estimate of drug-likeness (QED) is 0.0325. The maximum absolute atomic E-state index is 17.6. The molecule has 0 saturated carbocycles. The van der Waals surface area contributed by atoms with Gasteiger partial charge in [0.05, 0.1) is 46.3 Å². The molecule has 1 aliphatic rings. The van der Waals surface area contributed by atoms with Crippen molar-refractivity contribution in [3.8, 4) is 17.6 Å². The van der Waals surface area contributed by atoms with Crippen molar-refractivity contribution in [1.82, 2.24) is 24.2 Å². The SMILES string of the molecule is C=CCCC(=O)Nc1ncnc2c1ncn2[C@@H]1O[C@H](COC(c2ccccc2)(c2ccc(OC)cc2)c2ccc(OC)cc2)[C@@H](OP(OCCC#N)N(C(C)C)C(C)C)[C@H]1F. The predicted octanol–water partition coefficient (Wildman–Crippen LogP) is 8.65. The number of nitrogens with one attached hydrogen (secondary N) is 1. The molecule has 0 radical (unpaired) electrons. The Kier molecular flexibility index (Phi) is 15.5. The first kappa shape index (κ1) is 45.2. The van der Waals surface area contributed by atoms with Gasteiger partial charge in [0.2, 0.25) is 5.91 Å². The van der Waals surface area contributed by atoms with Crippen LogP contribution in [-0.4, -0.2) is 88.0 Å². The number of ether oxygens (including phenoxy) is 4. The molecule has 3 aromatic carbocycles. The van der Waals surface area contributed by atoms with Gasteiger partial charge in [-0.2, -0.15) is 5.26 Å². The molecule has 322 valence electrons. The van der Waals surface area contributed by atoms with Crippen LogP contribution < -0.4 is 14.8 Å². The summed E-state index contributed by atoms with van der Waals surface area (Å²) < 4.78 is 59.1. The second-order valence-electron chi connectivity index (χ2n) is 14.9. The van der Waals surface area contributed by atoms with E-state index >= 15 is 4.39 Å². The van der Waals surface area contributed by atoms with Crippen molar-refractivity contribution in [2.45, 2.75) is 89.2 Å². The summed E-state index contributed by atoms with van der Waals surface area (Å²) >= 11 is 0. The zero-order valence-electron chi connectivity index (χ0n) is 35.3. The number of hydrogen-bond donors (Lipinski definition) is 1. The Hall–Kier alpha value is -5.33. The van der Waals surface area contributed by atoms with E-state index in [1.165, 1.54) is 17.2 Å². The molecule has 1 amide bonds. The first-order valence-corrected chi connectivity index (χ1v) is 21.3. The van der Waals surface area contributed by atoms with E-state index in [1.54, 1.807) is 20.3 Å². The molecule has 3 heterocycles. The van der Waals surface area contributed by atoms with Crippen molar-refractivity contribution < 1.29 is 37.2 Å². The maximum Gasteiger partial charge on any atom is 0.259 e. The van der Waals surface area contributed by atoms with Gasteiger partial charge in [0.1, 0.15) is 35.6 Å². The Morgan fingerprint density at radius 3 is 2.18 bits per heavy atom. The predicted molar refractivity (Wildman–Crippen MR) is 231 cm³/mol. The van der Waals surface area contributed by atoms with Crippen LogP contribution in [0.1, 0.15) is 69.9 Å². The van der Waals surface area contributed by atoms with Gasteiger partial charge in [0.25, 0.3) is 8.53 Å². The van der Waals surface area contributed by atoms with E-state index in [-0.39, 0.29) is 61.0 Å². The number of nitrogens with zero attached hydrogens (tertiary/aromatic N) is 6. The molecule has 2 aromatic heterocycles. The smallest absolute Gasteiger partial charge is 0.259 e. The Balaban J connectivity index is 1.45. The molecule has 5 aromatic rings. The van der Waals surface area contributed by atoms with Crippen LogP contribution in [0, 0.1) is 11.3 Å². The molecular formula is C45H53FN7O7P. The zero-order valence-corrected chi connectivity index (χ0v) is 36.2. The molecule has 1 fully saturated rings. The summed E-state index contributed by atoms with van der Waals surface area (Å²) in [6.07, 6.45) is -0.199. The van der Waals surface area contributed by atoms with Crippen molar-refractivity contribution in [1.29, 1.82) is 5.26 Å². The third kappa shape index (κ3) is 10.1. The summed E-state index contributed by atoms with van der Waals surface area (Å²) in [5.74, 6) is 1.23. The first-order valence-electron chi connectivity index (χ1n) is 20.2. The summed E-state index contributed by atoms with van der Waals surface area (Å²) in [4.78, 5) is 25.9. The van der Waals surface area contributed by atoms with Crippen LogP contribution in [0.2, 0.25) is 0 Å². The molecule has 0 bridgehead atoms. The summed E-state index contributed by atoms with van der Waals surface area (Å²) in [5, 5.41) is 12.2. The minimum atomic E-state index is -1.92. The van der Waals surface area contributed by atoms with E-state index in [2.05, 4.69) is 32.9 Å². The number of carbonyl (C=O) groups excluding carboxylic acids is 1. The normalized spacial score (nSPS) is 18.4. The minimum Gasteiger partial charge on any atom is -0.497 e. The van der Waals surface area contributed by atoms with Crippen LogP contribution >= 0.6 is 8.53 Å². The van der Waals surface area contributed by atoms with E-state index in [4.69, 9.17) is 28.0 Å². The number of nitriles is 1. The van der Waals surface area contributed by atoms with E-state index in [9.17, 15) is 10.1 Å². The lowest BCUT2D eigenvalue weighted by Crippen LogP contribution is -2.41. The fourth-order valence-electron chi connectivity index (χ4n) is 7.42. The Bertz CT molecular complexity index is 2180. The monoisotopic (exact) mass is 853 g/mol. The topological polar surface area (TPSA) is 155 Å². The van der Waals surface area contributed by atoms with E-state index in [0.29, 0.717) is 17.9 Å². The summed E-state index contributed by atoms with van der Waals surface area (Å²) in [6, 6.07) is 27.0. The molecule has 6 rings (SSSR count). The van der Waals surface area contributed by atoms with Gasteiger partial charge in [-0.25, -0.2) is 24.0 Å². The number of aromatic nitrogens is 4. The molecule has 1 unspecified atom stereocenters. The van der Waals surface area contributed by atoms with Gasteiger partial charge in [-0.1, -0.05) is 60.7 Å². The molecule has 0 spiro atoms. The number of halogens is 1. The number of anilines is 1. The molecule has 61 heavy (non-hydrogen) atoms. The van der Waals surface area contributed by atoms with Gasteiger partial charge in [-0.05, 0) is 75.1 Å². The molecular weight excluding hydrogens is 801 g/mol. The fourth-order valence-corrected chi connectivity index (χ4v) is 9.18. The number of allylic oxidation sites excluding steroid dienone is 1. The first-order chi connectivity index (χ1) is 29.6. The molecule has 14 nitrogen and oxygen atoms in total. The van der Waals surface area contributed by atoms with Gasteiger partial charge in [-0.15, -0.1) is 6.58 Å². The summed E-state index contributed by atoms with van der Waals surface area (Å²) in [5.41, 5.74) is 1.62. The number of alkyl halides is 1. The Morgan fingerprint density at radius 2 is 1.61 bits per heavy atom. The zero-order chi connectivity index (χ0) is 43.5. The number of amides is 1. The van der Waals surface area contributed by atoms with Gasteiger partial charge in [-0.3, -0.25) is 9.36 Å². The molecule has 1 saturated heterocycles. The number of benzene rings is 3. The van der Waals surface area contributed by atoms with Crippen molar-refractivity contribution >= 4 is 31.4 Å². The van der Waals surface area contributed by atoms with Crippen molar-refractivity contribution in [3.05, 3.63) is 121 Å². The molecule has 0 aliphatic carbocycles. The van der Waals surface area contributed by atoms with Crippen LogP contribution in [0.15, 0.2) is 104 Å². The minimum absolute atomic E-state index is 0.0515. The summed E-state index contributed by atoms with van der Waals surface area (Å²) in [7, 11) is 1.30. The second kappa shape index (κ2) is 21.0. The van der Waals surface area contributed by atoms with Gasteiger partial charge in [0.15, 0.2) is 29.4 Å².